The molecule has 0 aromatic carbocycles. The van der Waals surface area contributed by atoms with Gasteiger partial charge >= 0.3 is 5.97 Å². The molecule has 0 spiro atoms. The molecule has 0 amide bonds. The summed E-state index contributed by atoms with van der Waals surface area (Å²) < 4.78 is 10.3. The van der Waals surface area contributed by atoms with E-state index in [2.05, 4.69) is 6.58 Å². The van der Waals surface area contributed by atoms with Gasteiger partial charge in [-0.1, -0.05) is 6.08 Å². The van der Waals surface area contributed by atoms with E-state index >= 15 is 0 Å². The molecule has 0 heterocycles. The van der Waals surface area contributed by atoms with E-state index in [1.54, 1.807) is 6.08 Å². The molecule has 0 aliphatic heterocycles. The van der Waals surface area contributed by atoms with Gasteiger partial charge in [-0.15, -0.1) is 6.58 Å². The van der Waals surface area contributed by atoms with Crippen molar-refractivity contribution in [1.29, 1.82) is 0 Å². The maximum atomic E-state index is 11.2. The van der Waals surface area contributed by atoms with E-state index in [-0.39, 0.29) is 12.2 Å². The molecular formula is C11H21NO3. The average Bonchev–Trinajstić information content (AvgIpc) is 2.11. The first-order chi connectivity index (χ1) is 6.87. The van der Waals surface area contributed by atoms with Crippen molar-refractivity contribution in [3.8, 4) is 0 Å². The Labute approximate surface area is 91.4 Å². The van der Waals surface area contributed by atoms with Gasteiger partial charge in [-0.3, -0.25) is 4.79 Å². The third kappa shape index (κ3) is 8.15. The zero-order chi connectivity index (χ0) is 11.9. The van der Waals surface area contributed by atoms with Crippen LogP contribution in [0.4, 0.5) is 0 Å². The molecule has 88 valence electrons. The first-order valence-electron chi connectivity index (χ1n) is 5.04. The van der Waals surface area contributed by atoms with Crippen molar-refractivity contribution in [2.75, 3.05) is 13.2 Å². The van der Waals surface area contributed by atoms with Gasteiger partial charge in [0.15, 0.2) is 0 Å². The Hall–Kier alpha value is -0.870. The largest absolute Gasteiger partial charge is 0.462 e. The van der Waals surface area contributed by atoms with Crippen molar-refractivity contribution in [2.45, 2.75) is 38.8 Å². The second kappa shape index (κ2) is 6.58. The van der Waals surface area contributed by atoms with Crippen LogP contribution < -0.4 is 5.73 Å². The third-order valence-corrected chi connectivity index (χ3v) is 1.59. The normalized spacial score (nSPS) is 13.3. The van der Waals surface area contributed by atoms with E-state index in [9.17, 15) is 4.79 Å². The fraction of sp³-hybridized carbons (Fsp3) is 0.727. The molecule has 1 atom stereocenters. The molecule has 4 heteroatoms. The number of carbonyl (C=O) groups is 1. The smallest absolute Gasteiger partial charge is 0.323 e. The summed E-state index contributed by atoms with van der Waals surface area (Å²) in [5.41, 5.74) is 5.30. The van der Waals surface area contributed by atoms with Gasteiger partial charge in [0.05, 0.1) is 12.2 Å². The van der Waals surface area contributed by atoms with Gasteiger partial charge in [-0.2, -0.15) is 0 Å². The van der Waals surface area contributed by atoms with Gasteiger partial charge < -0.3 is 15.2 Å². The lowest BCUT2D eigenvalue weighted by Crippen LogP contribution is -2.33. The van der Waals surface area contributed by atoms with Crippen molar-refractivity contribution in [3.05, 3.63) is 12.7 Å². The molecule has 0 aromatic rings. The Bertz CT molecular complexity index is 208. The van der Waals surface area contributed by atoms with Crippen LogP contribution in [0.1, 0.15) is 27.2 Å². The molecule has 0 aliphatic rings. The molecule has 0 saturated carbocycles. The quantitative estimate of drug-likeness (QED) is 0.411. The van der Waals surface area contributed by atoms with Crippen molar-refractivity contribution < 1.29 is 14.3 Å². The molecule has 0 radical (unpaired) electrons. The first kappa shape index (κ1) is 14.1. The number of carbonyl (C=O) groups excluding carboxylic acids is 1. The van der Waals surface area contributed by atoms with Crippen molar-refractivity contribution in [2.24, 2.45) is 5.73 Å². The topological polar surface area (TPSA) is 61.6 Å². The van der Waals surface area contributed by atoms with Crippen LogP contribution in [0, 0.1) is 0 Å². The molecule has 0 aliphatic carbocycles. The van der Waals surface area contributed by atoms with Gasteiger partial charge in [0.2, 0.25) is 0 Å². The summed E-state index contributed by atoms with van der Waals surface area (Å²) in [5.74, 6) is -0.410. The fourth-order valence-corrected chi connectivity index (χ4v) is 0.873. The van der Waals surface area contributed by atoms with Crippen LogP contribution in [0.3, 0.4) is 0 Å². The summed E-state index contributed by atoms with van der Waals surface area (Å²) in [6.45, 7) is 9.95. The number of nitrogens with two attached hydrogens (primary N) is 1. The minimum atomic E-state index is -0.614. The molecule has 1 unspecified atom stereocenters. The molecule has 2 N–H and O–H groups in total. The predicted molar refractivity (Wildman–Crippen MR) is 59.5 cm³/mol. The zero-order valence-electron chi connectivity index (χ0n) is 9.79. The Morgan fingerprint density at radius 3 is 2.53 bits per heavy atom. The fourth-order valence-electron chi connectivity index (χ4n) is 0.873. The minimum Gasteiger partial charge on any atom is -0.462 e. The number of esters is 1. The van der Waals surface area contributed by atoms with Crippen LogP contribution in [0.5, 0.6) is 0 Å². The van der Waals surface area contributed by atoms with Crippen molar-refractivity contribution in [1.82, 2.24) is 0 Å². The second-order valence-corrected chi connectivity index (χ2v) is 4.26. The van der Waals surface area contributed by atoms with E-state index < -0.39 is 12.0 Å². The maximum absolute atomic E-state index is 11.2. The second-order valence-electron chi connectivity index (χ2n) is 4.26. The highest BCUT2D eigenvalue weighted by Gasteiger charge is 2.14. The average molecular weight is 215 g/mol. The van der Waals surface area contributed by atoms with Crippen LogP contribution in [0.2, 0.25) is 0 Å². The lowest BCUT2D eigenvalue weighted by molar-refractivity contribution is -0.148. The number of rotatable bonds is 6. The van der Waals surface area contributed by atoms with Gasteiger partial charge in [-0.25, -0.2) is 0 Å². The van der Waals surface area contributed by atoms with E-state index in [4.69, 9.17) is 15.2 Å². The van der Waals surface area contributed by atoms with E-state index in [1.165, 1.54) is 0 Å². The van der Waals surface area contributed by atoms with E-state index in [1.807, 2.05) is 20.8 Å². The molecule has 0 saturated heterocycles. The zero-order valence-corrected chi connectivity index (χ0v) is 9.79. The van der Waals surface area contributed by atoms with Crippen LogP contribution >= 0.6 is 0 Å². The van der Waals surface area contributed by atoms with Gasteiger partial charge in [0, 0.05) is 0 Å². The summed E-state index contributed by atoms with van der Waals surface area (Å²) in [6.07, 6.45) is 2.02. The molecule has 0 fully saturated rings. The van der Waals surface area contributed by atoms with Gasteiger partial charge in [-0.05, 0) is 27.2 Å². The van der Waals surface area contributed by atoms with Crippen LogP contribution in [-0.2, 0) is 14.3 Å². The van der Waals surface area contributed by atoms with Gasteiger partial charge in [0.25, 0.3) is 0 Å². The maximum Gasteiger partial charge on any atom is 0.323 e. The van der Waals surface area contributed by atoms with Gasteiger partial charge in [0.1, 0.15) is 12.6 Å². The standard InChI is InChI=1S/C11H21NO3/c1-5-6-9(12)10(13)14-7-8-15-11(2,3)4/h5,9H,1,6-8,12H2,2-4H3. The Morgan fingerprint density at radius 2 is 2.07 bits per heavy atom. The van der Waals surface area contributed by atoms with Crippen LogP contribution in [0.25, 0.3) is 0 Å². The Balaban J connectivity index is 3.59. The SMILES string of the molecule is C=CCC(N)C(=O)OCCOC(C)(C)C. The summed E-state index contributed by atoms with van der Waals surface area (Å²) in [5, 5.41) is 0. The van der Waals surface area contributed by atoms with Crippen LogP contribution in [-0.4, -0.2) is 30.8 Å². The van der Waals surface area contributed by atoms with Crippen LogP contribution in [0.15, 0.2) is 12.7 Å². The number of hydrogen-bond donors (Lipinski definition) is 1. The third-order valence-electron chi connectivity index (χ3n) is 1.59. The minimum absolute atomic E-state index is 0.213. The molecule has 4 nitrogen and oxygen atoms in total. The highest BCUT2D eigenvalue weighted by Crippen LogP contribution is 2.05. The highest BCUT2D eigenvalue weighted by molar-refractivity contribution is 5.75. The number of hydrogen-bond acceptors (Lipinski definition) is 4. The Morgan fingerprint density at radius 1 is 1.47 bits per heavy atom. The summed E-state index contributed by atoms with van der Waals surface area (Å²) in [7, 11) is 0. The highest BCUT2D eigenvalue weighted by atomic mass is 16.6. The van der Waals surface area contributed by atoms with E-state index in [0.717, 1.165) is 0 Å². The lowest BCUT2D eigenvalue weighted by Gasteiger charge is -2.19. The predicted octanol–water partition coefficient (Wildman–Crippen LogP) is 1.25. The molecule has 0 rings (SSSR count). The van der Waals surface area contributed by atoms with E-state index in [0.29, 0.717) is 13.0 Å². The van der Waals surface area contributed by atoms with Crippen molar-refractivity contribution >= 4 is 5.97 Å². The van der Waals surface area contributed by atoms with Crippen molar-refractivity contribution in [3.63, 3.8) is 0 Å². The number of ether oxygens (including phenoxy) is 2. The molecular weight excluding hydrogens is 194 g/mol. The lowest BCUT2D eigenvalue weighted by atomic mass is 10.2. The molecule has 0 bridgehead atoms. The summed E-state index contributed by atoms with van der Waals surface area (Å²) >= 11 is 0. The molecule has 0 aromatic heterocycles. The summed E-state index contributed by atoms with van der Waals surface area (Å²) in [4.78, 5) is 11.2. The monoisotopic (exact) mass is 215 g/mol. The summed E-state index contributed by atoms with van der Waals surface area (Å²) in [6, 6.07) is -0.614. The first-order valence-corrected chi connectivity index (χ1v) is 5.04. The molecule has 15 heavy (non-hydrogen) atoms. The Kier molecular flexibility index (Phi) is 6.20.